The summed E-state index contributed by atoms with van der Waals surface area (Å²) in [5.74, 6) is 0.930. The van der Waals surface area contributed by atoms with Crippen molar-refractivity contribution in [3.05, 3.63) is 24.3 Å². The van der Waals surface area contributed by atoms with Crippen molar-refractivity contribution >= 4 is 5.69 Å². The number of ether oxygens (including phenoxy) is 1. The molecule has 15 heavy (non-hydrogen) atoms. The Morgan fingerprint density at radius 2 is 1.73 bits per heavy atom. The van der Waals surface area contributed by atoms with Crippen molar-refractivity contribution < 1.29 is 4.74 Å². The molecule has 0 saturated heterocycles. The molecule has 0 aliphatic rings. The summed E-state index contributed by atoms with van der Waals surface area (Å²) in [4.78, 5) is 0. The summed E-state index contributed by atoms with van der Waals surface area (Å²) in [6.45, 7) is 8.42. The van der Waals surface area contributed by atoms with Crippen molar-refractivity contribution in [3.63, 3.8) is 0 Å². The first-order valence-corrected chi connectivity index (χ1v) is 5.65. The zero-order valence-corrected chi connectivity index (χ0v) is 10.1. The first kappa shape index (κ1) is 11.9. The van der Waals surface area contributed by atoms with Crippen molar-refractivity contribution in [1.29, 1.82) is 0 Å². The van der Waals surface area contributed by atoms with Gasteiger partial charge in [-0.15, -0.1) is 0 Å². The topological polar surface area (TPSA) is 21.3 Å². The second kappa shape index (κ2) is 5.64. The Bertz CT molecular complexity index is 279. The van der Waals surface area contributed by atoms with Gasteiger partial charge < -0.3 is 10.1 Å². The number of rotatable bonds is 5. The fourth-order valence-corrected chi connectivity index (χ4v) is 1.29. The molecule has 0 aromatic heterocycles. The molecule has 1 atom stereocenters. The molecule has 1 rings (SSSR count). The Labute approximate surface area is 92.6 Å². The van der Waals surface area contributed by atoms with Crippen molar-refractivity contribution in [3.8, 4) is 5.75 Å². The lowest BCUT2D eigenvalue weighted by Gasteiger charge is -2.14. The van der Waals surface area contributed by atoms with Crippen LogP contribution in [-0.2, 0) is 0 Å². The molecule has 0 aliphatic carbocycles. The summed E-state index contributed by atoms with van der Waals surface area (Å²) >= 11 is 0. The predicted octanol–water partition coefficient (Wildman–Crippen LogP) is 3.68. The smallest absolute Gasteiger partial charge is 0.119 e. The van der Waals surface area contributed by atoms with Crippen molar-refractivity contribution in [2.45, 2.75) is 46.3 Å². The molecule has 0 heterocycles. The van der Waals surface area contributed by atoms with Gasteiger partial charge in [0.25, 0.3) is 0 Å². The van der Waals surface area contributed by atoms with Gasteiger partial charge in [0.2, 0.25) is 0 Å². The average Bonchev–Trinajstić information content (AvgIpc) is 2.20. The third kappa shape index (κ3) is 4.24. The molecule has 0 spiro atoms. The lowest BCUT2D eigenvalue weighted by atomic mass is 10.2. The Hall–Kier alpha value is -1.18. The highest BCUT2D eigenvalue weighted by Gasteiger charge is 2.00. The van der Waals surface area contributed by atoms with E-state index in [2.05, 4.69) is 31.3 Å². The van der Waals surface area contributed by atoms with Crippen LogP contribution in [0.15, 0.2) is 24.3 Å². The van der Waals surface area contributed by atoms with E-state index in [1.54, 1.807) is 0 Å². The van der Waals surface area contributed by atoms with Crippen LogP contribution in [0.5, 0.6) is 5.75 Å². The van der Waals surface area contributed by atoms with Crippen molar-refractivity contribution in [2.75, 3.05) is 5.32 Å². The molecule has 0 radical (unpaired) electrons. The summed E-state index contributed by atoms with van der Waals surface area (Å²) in [5.41, 5.74) is 1.15. The minimum atomic E-state index is 0.235. The lowest BCUT2D eigenvalue weighted by molar-refractivity contribution is 0.242. The fourth-order valence-electron chi connectivity index (χ4n) is 1.29. The first-order chi connectivity index (χ1) is 7.11. The van der Waals surface area contributed by atoms with Crippen LogP contribution in [0.25, 0.3) is 0 Å². The van der Waals surface area contributed by atoms with Crippen molar-refractivity contribution in [1.82, 2.24) is 0 Å². The van der Waals surface area contributed by atoms with Crippen LogP contribution in [0.1, 0.15) is 34.1 Å². The van der Waals surface area contributed by atoms with Gasteiger partial charge in [-0.25, -0.2) is 0 Å². The molecule has 0 fully saturated rings. The molecule has 0 aliphatic heterocycles. The summed E-state index contributed by atoms with van der Waals surface area (Å²) in [6, 6.07) is 8.64. The second-order valence-electron chi connectivity index (χ2n) is 4.14. The van der Waals surface area contributed by atoms with Gasteiger partial charge in [0.1, 0.15) is 5.75 Å². The van der Waals surface area contributed by atoms with E-state index in [-0.39, 0.29) is 6.10 Å². The zero-order chi connectivity index (χ0) is 11.3. The van der Waals surface area contributed by atoms with Crippen LogP contribution in [-0.4, -0.2) is 12.1 Å². The minimum Gasteiger partial charge on any atom is -0.491 e. The summed E-state index contributed by atoms with van der Waals surface area (Å²) in [5, 5.41) is 3.42. The van der Waals surface area contributed by atoms with E-state index in [9.17, 15) is 0 Å². The Morgan fingerprint density at radius 3 is 2.20 bits per heavy atom. The third-order valence-corrected chi connectivity index (χ3v) is 2.25. The van der Waals surface area contributed by atoms with E-state index < -0.39 is 0 Å². The van der Waals surface area contributed by atoms with Gasteiger partial charge in [-0.3, -0.25) is 0 Å². The van der Waals surface area contributed by atoms with E-state index >= 15 is 0 Å². The average molecular weight is 207 g/mol. The quantitative estimate of drug-likeness (QED) is 0.795. The van der Waals surface area contributed by atoms with Gasteiger partial charge >= 0.3 is 0 Å². The summed E-state index contributed by atoms with van der Waals surface area (Å²) < 4.78 is 5.57. The lowest BCUT2D eigenvalue weighted by Crippen LogP contribution is -2.13. The van der Waals surface area contributed by atoms with Crippen LogP contribution < -0.4 is 10.1 Å². The molecule has 2 nitrogen and oxygen atoms in total. The van der Waals surface area contributed by atoms with E-state index in [4.69, 9.17) is 4.74 Å². The van der Waals surface area contributed by atoms with Crippen LogP contribution in [0.3, 0.4) is 0 Å². The van der Waals surface area contributed by atoms with Crippen LogP contribution in [0.4, 0.5) is 5.69 Å². The maximum Gasteiger partial charge on any atom is 0.119 e. The molecule has 0 amide bonds. The SMILES string of the molecule is CCC(C)Nc1ccc(OC(C)C)cc1. The largest absolute Gasteiger partial charge is 0.491 e. The number of hydrogen-bond acceptors (Lipinski definition) is 2. The van der Waals surface area contributed by atoms with Gasteiger partial charge in [-0.1, -0.05) is 6.92 Å². The molecule has 1 aromatic carbocycles. The predicted molar refractivity (Wildman–Crippen MR) is 65.6 cm³/mol. The normalized spacial score (nSPS) is 12.6. The molecule has 0 bridgehead atoms. The Balaban J connectivity index is 2.56. The fraction of sp³-hybridized carbons (Fsp3) is 0.538. The van der Waals surface area contributed by atoms with Gasteiger partial charge in [-0.2, -0.15) is 0 Å². The molecule has 84 valence electrons. The van der Waals surface area contributed by atoms with Crippen LogP contribution >= 0.6 is 0 Å². The minimum absolute atomic E-state index is 0.235. The third-order valence-electron chi connectivity index (χ3n) is 2.25. The molecule has 1 N–H and O–H groups in total. The first-order valence-electron chi connectivity index (χ1n) is 5.65. The second-order valence-corrected chi connectivity index (χ2v) is 4.14. The maximum atomic E-state index is 5.57. The van der Waals surface area contributed by atoms with Gasteiger partial charge in [0.05, 0.1) is 6.10 Å². The highest BCUT2D eigenvalue weighted by molar-refractivity contribution is 5.46. The van der Waals surface area contributed by atoms with E-state index in [0.29, 0.717) is 6.04 Å². The van der Waals surface area contributed by atoms with E-state index in [1.807, 2.05) is 26.0 Å². The van der Waals surface area contributed by atoms with E-state index in [0.717, 1.165) is 17.9 Å². The number of hydrogen-bond donors (Lipinski definition) is 1. The highest BCUT2D eigenvalue weighted by atomic mass is 16.5. The van der Waals surface area contributed by atoms with Crippen LogP contribution in [0, 0.1) is 0 Å². The zero-order valence-electron chi connectivity index (χ0n) is 10.1. The molecular formula is C13H21NO. The monoisotopic (exact) mass is 207 g/mol. The van der Waals surface area contributed by atoms with Gasteiger partial charge in [-0.05, 0) is 51.5 Å². The highest BCUT2D eigenvalue weighted by Crippen LogP contribution is 2.17. The number of benzene rings is 1. The van der Waals surface area contributed by atoms with Crippen LogP contribution in [0.2, 0.25) is 0 Å². The molecule has 2 heteroatoms. The summed E-state index contributed by atoms with van der Waals surface area (Å²) in [6.07, 6.45) is 1.36. The molecular weight excluding hydrogens is 186 g/mol. The number of anilines is 1. The molecule has 1 unspecified atom stereocenters. The number of nitrogens with one attached hydrogen (secondary N) is 1. The Morgan fingerprint density at radius 1 is 1.13 bits per heavy atom. The summed E-state index contributed by atoms with van der Waals surface area (Å²) in [7, 11) is 0. The van der Waals surface area contributed by atoms with Gasteiger partial charge in [0.15, 0.2) is 0 Å². The maximum absolute atomic E-state index is 5.57. The Kier molecular flexibility index (Phi) is 4.47. The molecule has 1 aromatic rings. The standard InChI is InChI=1S/C13H21NO/c1-5-11(4)14-12-6-8-13(9-7-12)15-10(2)3/h6-11,14H,5H2,1-4H3. The van der Waals surface area contributed by atoms with E-state index in [1.165, 1.54) is 0 Å². The van der Waals surface area contributed by atoms with Crippen molar-refractivity contribution in [2.24, 2.45) is 0 Å². The van der Waals surface area contributed by atoms with Gasteiger partial charge in [0, 0.05) is 11.7 Å². The molecule has 0 saturated carbocycles.